The second kappa shape index (κ2) is 6.15. The van der Waals surface area contributed by atoms with Gasteiger partial charge in [0, 0.05) is 22.2 Å². The Morgan fingerprint density at radius 3 is 2.60 bits per heavy atom. The maximum atomic E-state index is 11.9. The van der Waals surface area contributed by atoms with E-state index in [1.807, 2.05) is 6.07 Å². The molecule has 0 aliphatic carbocycles. The Balaban J connectivity index is 2.41. The number of amides is 1. The second-order valence-electron chi connectivity index (χ2n) is 4.13. The monoisotopic (exact) mass is 353 g/mol. The van der Waals surface area contributed by atoms with Crippen LogP contribution >= 0.6 is 27.5 Å². The molecule has 20 heavy (non-hydrogen) atoms. The average Bonchev–Trinajstić information content (AvgIpc) is 2.41. The number of benzene rings is 2. The molecule has 0 aliphatic rings. The van der Waals surface area contributed by atoms with Gasteiger partial charge in [-0.1, -0.05) is 11.6 Å². The van der Waals surface area contributed by atoms with Gasteiger partial charge in [-0.25, -0.2) is 0 Å². The normalized spacial score (nSPS) is 10.2. The van der Waals surface area contributed by atoms with Gasteiger partial charge in [0.2, 0.25) is 0 Å². The first-order valence-corrected chi connectivity index (χ1v) is 7.02. The molecule has 4 nitrogen and oxygen atoms in total. The summed E-state index contributed by atoms with van der Waals surface area (Å²) in [5, 5.41) is 6.40. The number of carbonyl (C=O) groups is 1. The van der Waals surface area contributed by atoms with E-state index in [1.54, 1.807) is 37.4 Å². The molecule has 0 heterocycles. The molecule has 104 valence electrons. The van der Waals surface area contributed by atoms with Gasteiger partial charge in [0.1, 0.15) is 0 Å². The number of hydrogen-bond donors (Lipinski definition) is 3. The van der Waals surface area contributed by atoms with Crippen molar-refractivity contribution in [2.24, 2.45) is 0 Å². The molecular formula is C14H13BrClN3O. The van der Waals surface area contributed by atoms with Gasteiger partial charge >= 0.3 is 0 Å². The van der Waals surface area contributed by atoms with Crippen LogP contribution in [0.15, 0.2) is 40.9 Å². The van der Waals surface area contributed by atoms with Crippen LogP contribution < -0.4 is 16.4 Å². The third kappa shape index (κ3) is 3.23. The maximum Gasteiger partial charge on any atom is 0.253 e. The van der Waals surface area contributed by atoms with Crippen LogP contribution in [0.3, 0.4) is 0 Å². The van der Waals surface area contributed by atoms with Gasteiger partial charge in [-0.2, -0.15) is 0 Å². The highest BCUT2D eigenvalue weighted by molar-refractivity contribution is 9.10. The van der Waals surface area contributed by atoms with Crippen LogP contribution in [0.25, 0.3) is 0 Å². The van der Waals surface area contributed by atoms with Crippen molar-refractivity contribution in [2.75, 3.05) is 18.1 Å². The lowest BCUT2D eigenvalue weighted by Gasteiger charge is -2.13. The molecule has 0 aromatic heterocycles. The summed E-state index contributed by atoms with van der Waals surface area (Å²) in [6, 6.07) is 10.4. The molecule has 0 unspecified atom stereocenters. The number of nitrogen functional groups attached to an aromatic ring is 1. The average molecular weight is 355 g/mol. The molecule has 0 saturated heterocycles. The molecule has 0 bridgehead atoms. The molecule has 0 atom stereocenters. The van der Waals surface area contributed by atoms with E-state index in [-0.39, 0.29) is 5.91 Å². The van der Waals surface area contributed by atoms with E-state index in [1.165, 1.54) is 0 Å². The van der Waals surface area contributed by atoms with Gasteiger partial charge in [0.05, 0.1) is 16.9 Å². The highest BCUT2D eigenvalue weighted by atomic mass is 79.9. The number of rotatable bonds is 3. The molecule has 0 fully saturated rings. The Morgan fingerprint density at radius 1 is 1.20 bits per heavy atom. The molecule has 2 rings (SSSR count). The third-order valence-electron chi connectivity index (χ3n) is 2.72. The molecule has 2 aromatic carbocycles. The number of anilines is 3. The Kier molecular flexibility index (Phi) is 4.52. The van der Waals surface area contributed by atoms with Crippen LogP contribution in [0.2, 0.25) is 5.02 Å². The van der Waals surface area contributed by atoms with Crippen molar-refractivity contribution < 1.29 is 4.79 Å². The van der Waals surface area contributed by atoms with E-state index in [4.69, 9.17) is 17.3 Å². The number of nitrogens with one attached hydrogen (secondary N) is 2. The number of halogens is 2. The van der Waals surface area contributed by atoms with E-state index in [2.05, 4.69) is 26.6 Å². The summed E-state index contributed by atoms with van der Waals surface area (Å²) in [6.07, 6.45) is 0. The highest BCUT2D eigenvalue weighted by Crippen LogP contribution is 2.30. The number of carbonyl (C=O) groups excluding carboxylic acids is 1. The Bertz CT molecular complexity index is 661. The lowest BCUT2D eigenvalue weighted by Crippen LogP contribution is -2.19. The fourth-order valence-corrected chi connectivity index (χ4v) is 2.52. The largest absolute Gasteiger partial charge is 0.399 e. The number of nitrogens with two attached hydrogens (primary N) is 1. The lowest BCUT2D eigenvalue weighted by molar-refractivity contribution is 0.0964. The van der Waals surface area contributed by atoms with Gasteiger partial charge in [-0.3, -0.25) is 4.79 Å². The van der Waals surface area contributed by atoms with Crippen molar-refractivity contribution in [3.63, 3.8) is 0 Å². The van der Waals surface area contributed by atoms with E-state index in [0.29, 0.717) is 22.0 Å². The van der Waals surface area contributed by atoms with Crippen molar-refractivity contribution in [2.45, 2.75) is 0 Å². The molecule has 0 spiro atoms. The van der Waals surface area contributed by atoms with E-state index < -0.39 is 0 Å². The zero-order valence-electron chi connectivity index (χ0n) is 10.7. The standard InChI is InChI=1S/C14H13BrClN3O/c1-18-14(20)10-4-3-9(17)7-13(10)19-12-5-2-8(16)6-11(12)15/h2-7,19H,17H2,1H3,(H,18,20). The van der Waals surface area contributed by atoms with Gasteiger partial charge in [0.25, 0.3) is 5.91 Å². The lowest BCUT2D eigenvalue weighted by atomic mass is 10.1. The van der Waals surface area contributed by atoms with E-state index in [0.717, 1.165) is 10.2 Å². The highest BCUT2D eigenvalue weighted by Gasteiger charge is 2.11. The molecular weight excluding hydrogens is 342 g/mol. The van der Waals surface area contributed by atoms with Crippen molar-refractivity contribution in [3.05, 3.63) is 51.5 Å². The zero-order valence-corrected chi connectivity index (χ0v) is 13.0. The summed E-state index contributed by atoms with van der Waals surface area (Å²) in [5.74, 6) is -0.183. The molecule has 0 radical (unpaired) electrons. The van der Waals surface area contributed by atoms with Crippen LogP contribution in [0.1, 0.15) is 10.4 Å². The van der Waals surface area contributed by atoms with E-state index in [9.17, 15) is 4.79 Å². The Morgan fingerprint density at radius 2 is 1.95 bits per heavy atom. The molecule has 1 amide bonds. The summed E-state index contributed by atoms with van der Waals surface area (Å²) in [7, 11) is 1.58. The molecule has 0 aliphatic heterocycles. The van der Waals surface area contributed by atoms with Gasteiger partial charge in [0.15, 0.2) is 0 Å². The van der Waals surface area contributed by atoms with Crippen LogP contribution in [0, 0.1) is 0 Å². The minimum Gasteiger partial charge on any atom is -0.399 e. The van der Waals surface area contributed by atoms with Crippen LogP contribution in [0.5, 0.6) is 0 Å². The first-order valence-electron chi connectivity index (χ1n) is 5.85. The second-order valence-corrected chi connectivity index (χ2v) is 5.42. The summed E-state index contributed by atoms with van der Waals surface area (Å²) in [5.41, 5.74) is 8.30. The molecule has 6 heteroatoms. The Hall–Kier alpha value is -1.72. The SMILES string of the molecule is CNC(=O)c1ccc(N)cc1Nc1ccc(Cl)cc1Br. The van der Waals surface area contributed by atoms with Gasteiger partial charge in [-0.05, 0) is 52.3 Å². The summed E-state index contributed by atoms with van der Waals surface area (Å²) in [6.45, 7) is 0. The fraction of sp³-hybridized carbons (Fsp3) is 0.0714. The van der Waals surface area contributed by atoms with Crippen molar-refractivity contribution in [3.8, 4) is 0 Å². The Labute approximate surface area is 130 Å². The van der Waals surface area contributed by atoms with Crippen molar-refractivity contribution in [1.82, 2.24) is 5.32 Å². The fourth-order valence-electron chi connectivity index (χ4n) is 1.73. The predicted molar refractivity (Wildman–Crippen MR) is 86.7 cm³/mol. The van der Waals surface area contributed by atoms with E-state index >= 15 is 0 Å². The first-order chi connectivity index (χ1) is 9.51. The van der Waals surface area contributed by atoms with Gasteiger partial charge < -0.3 is 16.4 Å². The minimum atomic E-state index is -0.183. The molecule has 4 N–H and O–H groups in total. The summed E-state index contributed by atoms with van der Waals surface area (Å²) < 4.78 is 0.801. The van der Waals surface area contributed by atoms with Crippen molar-refractivity contribution in [1.29, 1.82) is 0 Å². The predicted octanol–water partition coefficient (Wildman–Crippen LogP) is 3.79. The first kappa shape index (κ1) is 14.7. The van der Waals surface area contributed by atoms with Crippen LogP contribution in [-0.2, 0) is 0 Å². The minimum absolute atomic E-state index is 0.183. The quantitative estimate of drug-likeness (QED) is 0.735. The third-order valence-corrected chi connectivity index (χ3v) is 3.61. The smallest absolute Gasteiger partial charge is 0.253 e. The van der Waals surface area contributed by atoms with Gasteiger partial charge in [-0.15, -0.1) is 0 Å². The summed E-state index contributed by atoms with van der Waals surface area (Å²) in [4.78, 5) is 11.9. The molecule has 0 saturated carbocycles. The van der Waals surface area contributed by atoms with Crippen molar-refractivity contribution >= 4 is 50.5 Å². The zero-order chi connectivity index (χ0) is 14.7. The number of hydrogen-bond acceptors (Lipinski definition) is 3. The molecule has 2 aromatic rings. The topological polar surface area (TPSA) is 67.2 Å². The van der Waals surface area contributed by atoms with Crippen LogP contribution in [-0.4, -0.2) is 13.0 Å². The van der Waals surface area contributed by atoms with Crippen LogP contribution in [0.4, 0.5) is 17.1 Å². The summed E-state index contributed by atoms with van der Waals surface area (Å²) >= 11 is 9.33. The maximum absolute atomic E-state index is 11.9.